The first kappa shape index (κ1) is 15.6. The minimum Gasteiger partial charge on any atom is -0.422 e. The summed E-state index contributed by atoms with van der Waals surface area (Å²) in [5.41, 5.74) is 2.36. The normalized spacial score (nSPS) is 16.2. The minimum absolute atomic E-state index is 0.124. The average Bonchev–Trinajstić information content (AvgIpc) is 3.12. The van der Waals surface area contributed by atoms with Crippen molar-refractivity contribution < 1.29 is 9.21 Å². The number of rotatable bonds is 3. The van der Waals surface area contributed by atoms with Crippen LogP contribution in [0.4, 0.5) is 6.01 Å². The second-order valence-electron chi connectivity index (χ2n) is 6.27. The van der Waals surface area contributed by atoms with Gasteiger partial charge in [0.1, 0.15) is 0 Å². The number of hydrogen-bond acceptors (Lipinski definition) is 5. The number of pyridine rings is 1. The van der Waals surface area contributed by atoms with Crippen LogP contribution in [-0.4, -0.2) is 47.0 Å². The first-order chi connectivity index (χ1) is 12.2. The van der Waals surface area contributed by atoms with Crippen molar-refractivity contribution >= 4 is 23.2 Å². The van der Waals surface area contributed by atoms with Crippen LogP contribution in [0.1, 0.15) is 18.4 Å². The zero-order chi connectivity index (χ0) is 17.2. The molecule has 1 aromatic carbocycles. The van der Waals surface area contributed by atoms with Gasteiger partial charge in [-0.25, -0.2) is 4.98 Å². The van der Waals surface area contributed by atoms with Crippen LogP contribution in [0.25, 0.3) is 11.2 Å². The van der Waals surface area contributed by atoms with Gasteiger partial charge >= 0.3 is 0 Å². The Morgan fingerprint density at radius 3 is 2.56 bits per heavy atom. The van der Waals surface area contributed by atoms with Gasteiger partial charge in [-0.3, -0.25) is 4.79 Å². The standard InChI is InChI=1S/C19H20N4O2/c1-14(15-6-3-2-4-7-15)18(24)22-10-12-23(13-11-22)19-21-17-16(25-19)8-5-9-20-17/h2-9,14H,10-13H2,1H3/t14-/m0/s1. The summed E-state index contributed by atoms with van der Waals surface area (Å²) in [4.78, 5) is 25.4. The van der Waals surface area contributed by atoms with Gasteiger partial charge in [-0.15, -0.1) is 0 Å². The number of anilines is 1. The Kier molecular flexibility index (Phi) is 4.09. The highest BCUT2D eigenvalue weighted by Crippen LogP contribution is 2.23. The van der Waals surface area contributed by atoms with Gasteiger partial charge in [0.15, 0.2) is 5.58 Å². The molecule has 3 aromatic rings. The van der Waals surface area contributed by atoms with Crippen molar-refractivity contribution in [2.75, 3.05) is 31.1 Å². The fourth-order valence-corrected chi connectivity index (χ4v) is 3.17. The second-order valence-corrected chi connectivity index (χ2v) is 6.27. The lowest BCUT2D eigenvalue weighted by Crippen LogP contribution is -2.50. The van der Waals surface area contributed by atoms with Crippen LogP contribution < -0.4 is 4.90 Å². The molecule has 3 heterocycles. The molecule has 1 aliphatic heterocycles. The van der Waals surface area contributed by atoms with Gasteiger partial charge in [-0.05, 0) is 24.6 Å². The maximum atomic E-state index is 12.7. The van der Waals surface area contributed by atoms with Crippen LogP contribution in [0.3, 0.4) is 0 Å². The lowest BCUT2D eigenvalue weighted by Gasteiger charge is -2.35. The smallest absolute Gasteiger partial charge is 0.300 e. The molecule has 2 aromatic heterocycles. The van der Waals surface area contributed by atoms with E-state index >= 15 is 0 Å². The molecule has 0 bridgehead atoms. The number of nitrogens with zero attached hydrogens (tertiary/aromatic N) is 4. The summed E-state index contributed by atoms with van der Waals surface area (Å²) in [6.07, 6.45) is 1.70. The molecule has 0 N–H and O–H groups in total. The SMILES string of the molecule is C[C@H](C(=O)N1CCN(c2nc3ncccc3o2)CC1)c1ccccc1. The maximum Gasteiger partial charge on any atom is 0.300 e. The molecule has 0 saturated carbocycles. The third-order valence-corrected chi connectivity index (χ3v) is 4.69. The molecule has 1 amide bonds. The lowest BCUT2D eigenvalue weighted by atomic mass is 9.99. The first-order valence-electron chi connectivity index (χ1n) is 8.52. The van der Waals surface area contributed by atoms with E-state index in [0.29, 0.717) is 43.4 Å². The summed E-state index contributed by atoms with van der Waals surface area (Å²) in [7, 11) is 0. The number of amides is 1. The van der Waals surface area contributed by atoms with Crippen LogP contribution in [0.15, 0.2) is 53.1 Å². The number of piperazine rings is 1. The van der Waals surface area contributed by atoms with E-state index in [1.165, 1.54) is 0 Å². The summed E-state index contributed by atoms with van der Waals surface area (Å²) in [6, 6.07) is 14.2. The van der Waals surface area contributed by atoms with Gasteiger partial charge in [0.05, 0.1) is 5.92 Å². The molecule has 128 valence electrons. The number of benzene rings is 1. The quantitative estimate of drug-likeness (QED) is 0.736. The van der Waals surface area contributed by atoms with E-state index in [0.717, 1.165) is 5.56 Å². The highest BCUT2D eigenvalue weighted by atomic mass is 16.4. The van der Waals surface area contributed by atoms with Crippen molar-refractivity contribution in [3.05, 3.63) is 54.2 Å². The highest BCUT2D eigenvalue weighted by Gasteiger charge is 2.27. The Balaban J connectivity index is 1.41. The van der Waals surface area contributed by atoms with E-state index in [9.17, 15) is 4.79 Å². The summed E-state index contributed by atoms with van der Waals surface area (Å²) in [5.74, 6) is 0.0476. The molecule has 6 nitrogen and oxygen atoms in total. The molecule has 25 heavy (non-hydrogen) atoms. The molecule has 4 rings (SSSR count). The van der Waals surface area contributed by atoms with Crippen molar-refractivity contribution in [3.8, 4) is 0 Å². The van der Waals surface area contributed by atoms with Gasteiger partial charge in [-0.2, -0.15) is 4.98 Å². The molecule has 1 aliphatic rings. The highest BCUT2D eigenvalue weighted by molar-refractivity contribution is 5.83. The monoisotopic (exact) mass is 336 g/mol. The first-order valence-corrected chi connectivity index (χ1v) is 8.52. The van der Waals surface area contributed by atoms with Crippen LogP contribution in [0.5, 0.6) is 0 Å². The van der Waals surface area contributed by atoms with E-state index in [2.05, 4.69) is 14.9 Å². The summed E-state index contributed by atoms with van der Waals surface area (Å²) in [5, 5.41) is 0. The molecule has 0 aliphatic carbocycles. The third-order valence-electron chi connectivity index (χ3n) is 4.69. The van der Waals surface area contributed by atoms with E-state index in [1.54, 1.807) is 6.20 Å². The van der Waals surface area contributed by atoms with Crippen molar-refractivity contribution in [1.29, 1.82) is 0 Å². The van der Waals surface area contributed by atoms with E-state index in [4.69, 9.17) is 4.42 Å². The predicted molar refractivity (Wildman–Crippen MR) is 95.5 cm³/mol. The number of hydrogen-bond donors (Lipinski definition) is 0. The largest absolute Gasteiger partial charge is 0.422 e. The Morgan fingerprint density at radius 1 is 1.08 bits per heavy atom. The van der Waals surface area contributed by atoms with Crippen LogP contribution >= 0.6 is 0 Å². The van der Waals surface area contributed by atoms with Gasteiger partial charge in [0.25, 0.3) is 6.01 Å². The van der Waals surface area contributed by atoms with Gasteiger partial charge < -0.3 is 14.2 Å². The molecular weight excluding hydrogens is 316 g/mol. The Hall–Kier alpha value is -2.89. The molecule has 0 spiro atoms. The predicted octanol–water partition coefficient (Wildman–Crippen LogP) is 2.68. The molecule has 1 saturated heterocycles. The molecule has 1 fully saturated rings. The number of carbonyl (C=O) groups is 1. The molecule has 0 radical (unpaired) electrons. The molecule has 0 unspecified atom stereocenters. The molecular formula is C19H20N4O2. The van der Waals surface area contributed by atoms with E-state index < -0.39 is 0 Å². The van der Waals surface area contributed by atoms with E-state index in [1.807, 2.05) is 54.3 Å². The third kappa shape index (κ3) is 3.07. The van der Waals surface area contributed by atoms with Crippen LogP contribution in [0.2, 0.25) is 0 Å². The van der Waals surface area contributed by atoms with Gasteiger partial charge in [0, 0.05) is 32.4 Å². The Labute approximate surface area is 146 Å². The number of fused-ring (bicyclic) bond motifs is 1. The Bertz CT molecular complexity index is 836. The van der Waals surface area contributed by atoms with Crippen molar-refractivity contribution in [2.24, 2.45) is 0 Å². The molecule has 1 atom stereocenters. The van der Waals surface area contributed by atoms with Crippen molar-refractivity contribution in [1.82, 2.24) is 14.9 Å². The average molecular weight is 336 g/mol. The summed E-state index contributed by atoms with van der Waals surface area (Å²) >= 11 is 0. The Morgan fingerprint density at radius 2 is 1.84 bits per heavy atom. The zero-order valence-electron chi connectivity index (χ0n) is 14.1. The van der Waals surface area contributed by atoms with Crippen LogP contribution in [-0.2, 0) is 4.79 Å². The summed E-state index contributed by atoms with van der Waals surface area (Å²) < 4.78 is 5.77. The fourth-order valence-electron chi connectivity index (χ4n) is 3.17. The fraction of sp³-hybridized carbons (Fsp3) is 0.316. The number of oxazole rings is 1. The number of carbonyl (C=O) groups excluding carboxylic acids is 1. The number of aromatic nitrogens is 2. The summed E-state index contributed by atoms with van der Waals surface area (Å²) in [6.45, 7) is 4.72. The lowest BCUT2D eigenvalue weighted by molar-refractivity contribution is -0.132. The van der Waals surface area contributed by atoms with Gasteiger partial charge in [-0.1, -0.05) is 30.3 Å². The molecule has 6 heteroatoms. The maximum absolute atomic E-state index is 12.7. The second kappa shape index (κ2) is 6.55. The zero-order valence-corrected chi connectivity index (χ0v) is 14.1. The topological polar surface area (TPSA) is 62.5 Å². The van der Waals surface area contributed by atoms with Gasteiger partial charge in [0.2, 0.25) is 11.6 Å². The van der Waals surface area contributed by atoms with E-state index in [-0.39, 0.29) is 11.8 Å². The van der Waals surface area contributed by atoms with Crippen molar-refractivity contribution in [2.45, 2.75) is 12.8 Å². The van der Waals surface area contributed by atoms with Crippen molar-refractivity contribution in [3.63, 3.8) is 0 Å². The minimum atomic E-state index is -0.124. The van der Waals surface area contributed by atoms with Crippen LogP contribution in [0, 0.1) is 0 Å².